The lowest BCUT2D eigenvalue weighted by atomic mass is 10.2. The fourth-order valence-electron chi connectivity index (χ4n) is 2.45. The maximum absolute atomic E-state index is 6.12. The average Bonchev–Trinajstić information content (AvgIpc) is 2.75. The molecule has 0 aliphatic carbocycles. The molecule has 0 fully saturated rings. The monoisotopic (exact) mass is 282 g/mol. The van der Waals surface area contributed by atoms with E-state index in [-0.39, 0.29) is 0 Å². The minimum atomic E-state index is 0.715. The number of ether oxygens (including phenoxy) is 1. The second-order valence-electron chi connectivity index (χ2n) is 4.96. The van der Waals surface area contributed by atoms with E-state index >= 15 is 0 Å². The summed E-state index contributed by atoms with van der Waals surface area (Å²) in [4.78, 5) is 4.42. The molecule has 3 aromatic rings. The summed E-state index contributed by atoms with van der Waals surface area (Å²) in [5.41, 5.74) is 2.89. The highest BCUT2D eigenvalue weighted by Gasteiger charge is 2.16. The van der Waals surface area contributed by atoms with Crippen molar-refractivity contribution in [2.75, 3.05) is 7.05 Å². The molecule has 0 unspecified atom stereocenters. The highest BCUT2D eigenvalue weighted by Crippen LogP contribution is 2.31. The van der Waals surface area contributed by atoms with Gasteiger partial charge in [0.2, 0.25) is 5.88 Å². The van der Waals surface area contributed by atoms with Crippen LogP contribution < -0.4 is 10.1 Å². The van der Waals surface area contributed by atoms with Gasteiger partial charge in [0.15, 0.2) is 5.75 Å². The molecule has 5 nitrogen and oxygen atoms in total. The molecular weight excluding hydrogens is 264 g/mol. The lowest BCUT2D eigenvalue weighted by molar-refractivity contribution is 0.428. The van der Waals surface area contributed by atoms with Crippen molar-refractivity contribution >= 4 is 10.9 Å². The van der Waals surface area contributed by atoms with Crippen LogP contribution in [0.5, 0.6) is 11.6 Å². The molecule has 1 aromatic carbocycles. The summed E-state index contributed by atoms with van der Waals surface area (Å²) in [6.07, 6.45) is 1.78. The Hall–Kier alpha value is -2.40. The van der Waals surface area contributed by atoms with Crippen LogP contribution in [-0.4, -0.2) is 21.8 Å². The smallest absolute Gasteiger partial charge is 0.222 e. The van der Waals surface area contributed by atoms with Crippen LogP contribution >= 0.6 is 0 Å². The van der Waals surface area contributed by atoms with Gasteiger partial charge in [-0.2, -0.15) is 5.10 Å². The molecular formula is C16H18N4O. The van der Waals surface area contributed by atoms with Crippen LogP contribution in [0, 0.1) is 6.92 Å². The quantitative estimate of drug-likeness (QED) is 0.799. The van der Waals surface area contributed by atoms with Crippen LogP contribution in [0.1, 0.15) is 11.3 Å². The number of hydrogen-bond acceptors (Lipinski definition) is 4. The van der Waals surface area contributed by atoms with E-state index in [0.717, 1.165) is 33.8 Å². The zero-order valence-electron chi connectivity index (χ0n) is 12.4. The van der Waals surface area contributed by atoms with Crippen molar-refractivity contribution in [3.05, 3.63) is 47.8 Å². The molecule has 0 aliphatic rings. The van der Waals surface area contributed by atoms with E-state index in [0.29, 0.717) is 6.54 Å². The van der Waals surface area contributed by atoms with E-state index in [1.54, 1.807) is 10.9 Å². The van der Waals surface area contributed by atoms with Crippen LogP contribution in [0.15, 0.2) is 36.5 Å². The van der Waals surface area contributed by atoms with Crippen molar-refractivity contribution in [3.63, 3.8) is 0 Å². The van der Waals surface area contributed by atoms with E-state index < -0.39 is 0 Å². The molecule has 1 N–H and O–H groups in total. The Balaban J connectivity index is 2.07. The third kappa shape index (κ3) is 2.48. The largest absolute Gasteiger partial charge is 0.437 e. The fraction of sp³-hybridized carbons (Fsp3) is 0.250. The molecule has 0 spiro atoms. The maximum atomic E-state index is 6.12. The Kier molecular flexibility index (Phi) is 3.58. The molecule has 0 radical (unpaired) electrons. The third-order valence-corrected chi connectivity index (χ3v) is 3.44. The summed E-state index contributed by atoms with van der Waals surface area (Å²) in [5.74, 6) is 1.49. The number of aryl methyl sites for hydroxylation is 2. The van der Waals surface area contributed by atoms with E-state index in [2.05, 4.69) is 15.4 Å². The van der Waals surface area contributed by atoms with Crippen LogP contribution in [0.3, 0.4) is 0 Å². The molecule has 3 rings (SSSR count). The summed E-state index contributed by atoms with van der Waals surface area (Å²) in [6, 6.07) is 9.88. The molecule has 2 aromatic heterocycles. The lowest BCUT2D eigenvalue weighted by Gasteiger charge is -2.10. The van der Waals surface area contributed by atoms with E-state index in [1.165, 1.54) is 0 Å². The van der Waals surface area contributed by atoms with Gasteiger partial charge < -0.3 is 10.1 Å². The first-order valence-corrected chi connectivity index (χ1v) is 6.89. The first-order chi connectivity index (χ1) is 10.2. The number of fused-ring (bicyclic) bond motifs is 1. The third-order valence-electron chi connectivity index (χ3n) is 3.44. The van der Waals surface area contributed by atoms with Crippen molar-refractivity contribution in [1.82, 2.24) is 20.1 Å². The number of benzene rings is 1. The Morgan fingerprint density at radius 1 is 1.24 bits per heavy atom. The number of nitrogens with zero attached hydrogens (tertiary/aromatic N) is 3. The molecule has 0 bridgehead atoms. The van der Waals surface area contributed by atoms with Crippen LogP contribution in [-0.2, 0) is 13.6 Å². The summed E-state index contributed by atoms with van der Waals surface area (Å²) < 4.78 is 7.89. The van der Waals surface area contributed by atoms with E-state index in [4.69, 9.17) is 4.74 Å². The SMILES string of the molecule is CNCc1c(C)nn(C)c1Oc1cccc2cccnc12. The minimum Gasteiger partial charge on any atom is -0.437 e. The zero-order chi connectivity index (χ0) is 14.8. The normalized spacial score (nSPS) is 11.0. The van der Waals surface area contributed by atoms with Gasteiger partial charge in [0, 0.05) is 25.2 Å². The van der Waals surface area contributed by atoms with Gasteiger partial charge in [-0.25, -0.2) is 4.68 Å². The predicted octanol–water partition coefficient (Wildman–Crippen LogP) is 2.79. The molecule has 0 amide bonds. The van der Waals surface area contributed by atoms with Crippen LogP contribution in [0.4, 0.5) is 0 Å². The standard InChI is InChI=1S/C16H18N4O/c1-11-13(10-17-2)16(20(3)19-11)21-14-8-4-6-12-7-5-9-18-15(12)14/h4-9,17H,10H2,1-3H3. The molecule has 2 heterocycles. The van der Waals surface area contributed by atoms with Gasteiger partial charge in [-0.05, 0) is 26.1 Å². The molecule has 0 aliphatic heterocycles. The Morgan fingerprint density at radius 3 is 2.86 bits per heavy atom. The van der Waals surface area contributed by atoms with Gasteiger partial charge in [-0.15, -0.1) is 0 Å². The maximum Gasteiger partial charge on any atom is 0.222 e. The summed E-state index contributed by atoms with van der Waals surface area (Å²) >= 11 is 0. The number of rotatable bonds is 4. The molecule has 21 heavy (non-hydrogen) atoms. The van der Waals surface area contributed by atoms with E-state index in [9.17, 15) is 0 Å². The predicted molar refractivity (Wildman–Crippen MR) is 82.5 cm³/mol. The van der Waals surface area contributed by atoms with E-state index in [1.807, 2.05) is 51.4 Å². The van der Waals surface area contributed by atoms with Gasteiger partial charge in [0.05, 0.1) is 11.3 Å². The number of hydrogen-bond donors (Lipinski definition) is 1. The van der Waals surface area contributed by atoms with Crippen LogP contribution in [0.25, 0.3) is 10.9 Å². The number of para-hydroxylation sites is 1. The van der Waals surface area contributed by atoms with Crippen molar-refractivity contribution < 1.29 is 4.74 Å². The summed E-state index contributed by atoms with van der Waals surface area (Å²) in [7, 11) is 3.80. The summed E-state index contributed by atoms with van der Waals surface area (Å²) in [6.45, 7) is 2.70. The van der Waals surface area contributed by atoms with Gasteiger partial charge in [-0.3, -0.25) is 4.98 Å². The first-order valence-electron chi connectivity index (χ1n) is 6.89. The number of nitrogens with one attached hydrogen (secondary N) is 1. The van der Waals surface area contributed by atoms with Gasteiger partial charge in [0.1, 0.15) is 5.52 Å². The number of pyridine rings is 1. The van der Waals surface area contributed by atoms with Gasteiger partial charge in [0.25, 0.3) is 0 Å². The summed E-state index contributed by atoms with van der Waals surface area (Å²) in [5, 5.41) is 8.65. The van der Waals surface area contributed by atoms with Gasteiger partial charge in [-0.1, -0.05) is 18.2 Å². The first kappa shape index (κ1) is 13.6. The lowest BCUT2D eigenvalue weighted by Crippen LogP contribution is -2.07. The Bertz CT molecular complexity index is 774. The molecule has 0 saturated heterocycles. The van der Waals surface area contributed by atoms with Gasteiger partial charge >= 0.3 is 0 Å². The topological polar surface area (TPSA) is 52.0 Å². The number of aromatic nitrogens is 3. The van der Waals surface area contributed by atoms with Crippen molar-refractivity contribution in [2.24, 2.45) is 7.05 Å². The minimum absolute atomic E-state index is 0.715. The Morgan fingerprint density at radius 2 is 2.05 bits per heavy atom. The molecule has 0 atom stereocenters. The molecule has 5 heteroatoms. The molecule has 0 saturated carbocycles. The highest BCUT2D eigenvalue weighted by atomic mass is 16.5. The molecule has 108 valence electrons. The second kappa shape index (κ2) is 5.54. The zero-order valence-corrected chi connectivity index (χ0v) is 12.4. The van der Waals surface area contributed by atoms with Crippen molar-refractivity contribution in [1.29, 1.82) is 0 Å². The highest BCUT2D eigenvalue weighted by molar-refractivity contribution is 5.84. The Labute approximate surface area is 123 Å². The van der Waals surface area contributed by atoms with Crippen molar-refractivity contribution in [3.8, 4) is 11.6 Å². The fourth-order valence-corrected chi connectivity index (χ4v) is 2.45. The van der Waals surface area contributed by atoms with Crippen molar-refractivity contribution in [2.45, 2.75) is 13.5 Å². The average molecular weight is 282 g/mol. The van der Waals surface area contributed by atoms with Crippen LogP contribution in [0.2, 0.25) is 0 Å². The second-order valence-corrected chi connectivity index (χ2v) is 4.96.